The minimum Gasteiger partial charge on any atom is -0.300 e. The Morgan fingerprint density at radius 3 is 2.69 bits per heavy atom. The average molecular weight is 220 g/mol. The van der Waals surface area contributed by atoms with Gasteiger partial charge in [0, 0.05) is 12.8 Å². The molecule has 1 heteroatoms. The molecular weight excluding hydrogens is 196 g/mol. The highest BCUT2D eigenvalue weighted by atomic mass is 16.1. The first-order chi connectivity index (χ1) is 7.79. The van der Waals surface area contributed by atoms with Crippen molar-refractivity contribution in [3.63, 3.8) is 0 Å². The van der Waals surface area contributed by atoms with Crippen molar-refractivity contribution in [3.8, 4) is 0 Å². The zero-order chi connectivity index (χ0) is 12.0. The topological polar surface area (TPSA) is 17.1 Å². The van der Waals surface area contributed by atoms with Crippen LogP contribution in [0.3, 0.4) is 0 Å². The first kappa shape index (κ1) is 13.2. The molecule has 0 heterocycles. The molecule has 0 radical (unpaired) electrons. The zero-order valence-electron chi connectivity index (χ0n) is 10.8. The van der Waals surface area contributed by atoms with Crippen LogP contribution in [0.4, 0.5) is 0 Å². The van der Waals surface area contributed by atoms with Gasteiger partial charge >= 0.3 is 0 Å². The summed E-state index contributed by atoms with van der Waals surface area (Å²) in [6, 6.07) is 0. The van der Waals surface area contributed by atoms with Crippen molar-refractivity contribution in [2.45, 2.75) is 52.9 Å². The fourth-order valence-electron chi connectivity index (χ4n) is 2.08. The normalized spacial score (nSPS) is 25.1. The molecule has 0 saturated heterocycles. The number of carbonyl (C=O) groups excluding carboxylic acids is 1. The second-order valence-corrected chi connectivity index (χ2v) is 4.45. The molecule has 0 spiro atoms. The Hall–Kier alpha value is -0.850. The molecule has 2 aliphatic carbocycles. The summed E-state index contributed by atoms with van der Waals surface area (Å²) in [4.78, 5) is 11.3. The van der Waals surface area contributed by atoms with Gasteiger partial charge in [0.1, 0.15) is 5.78 Å². The van der Waals surface area contributed by atoms with Gasteiger partial charge in [-0.1, -0.05) is 44.6 Å². The van der Waals surface area contributed by atoms with Crippen molar-refractivity contribution < 1.29 is 4.79 Å². The molecule has 0 aliphatic heterocycles. The number of Topliss-reactive ketones (excluding diaryl/α,β-unsaturated/α-hetero) is 1. The highest BCUT2D eigenvalue weighted by Gasteiger charge is 2.34. The van der Waals surface area contributed by atoms with E-state index < -0.39 is 0 Å². The van der Waals surface area contributed by atoms with Crippen LogP contribution in [0, 0.1) is 11.8 Å². The maximum absolute atomic E-state index is 11.3. The number of allylic oxidation sites excluding steroid dienone is 4. The molecule has 2 rings (SSSR count). The second-order valence-electron chi connectivity index (χ2n) is 4.45. The number of fused-ring (bicyclic) bond motifs is 1. The molecule has 16 heavy (non-hydrogen) atoms. The van der Waals surface area contributed by atoms with Gasteiger partial charge in [-0.05, 0) is 31.1 Å². The van der Waals surface area contributed by atoms with E-state index in [0.717, 1.165) is 37.5 Å². The standard InChI is InChI=1S/C13H18O.C2H6/c1-2-3-13(14)7-5-10-4-6-11-9-12(11)8-10;1-2/h4,6,8,11-12H,2-3,5,7,9H2,1H3;1-2H3. The van der Waals surface area contributed by atoms with E-state index in [-0.39, 0.29) is 0 Å². The van der Waals surface area contributed by atoms with Gasteiger partial charge in [-0.2, -0.15) is 0 Å². The monoisotopic (exact) mass is 220 g/mol. The van der Waals surface area contributed by atoms with Crippen molar-refractivity contribution >= 4 is 5.78 Å². The van der Waals surface area contributed by atoms with Crippen molar-refractivity contribution in [3.05, 3.63) is 23.8 Å². The lowest BCUT2D eigenvalue weighted by Gasteiger charge is -2.05. The lowest BCUT2D eigenvalue weighted by molar-refractivity contribution is -0.119. The summed E-state index contributed by atoms with van der Waals surface area (Å²) in [5.74, 6) is 2.07. The summed E-state index contributed by atoms with van der Waals surface area (Å²) in [6.45, 7) is 6.06. The summed E-state index contributed by atoms with van der Waals surface area (Å²) < 4.78 is 0. The third kappa shape index (κ3) is 3.96. The summed E-state index contributed by atoms with van der Waals surface area (Å²) >= 11 is 0. The van der Waals surface area contributed by atoms with Crippen molar-refractivity contribution in [2.75, 3.05) is 0 Å². The maximum atomic E-state index is 11.3. The van der Waals surface area contributed by atoms with E-state index in [1.54, 1.807) is 0 Å². The van der Waals surface area contributed by atoms with Crippen molar-refractivity contribution in [2.24, 2.45) is 11.8 Å². The minimum atomic E-state index is 0.416. The van der Waals surface area contributed by atoms with E-state index in [4.69, 9.17) is 0 Å². The van der Waals surface area contributed by atoms with Gasteiger partial charge in [0.05, 0.1) is 0 Å². The fraction of sp³-hybridized carbons (Fsp3) is 0.667. The van der Waals surface area contributed by atoms with Crippen LogP contribution in [0.1, 0.15) is 52.9 Å². The molecule has 90 valence electrons. The Morgan fingerprint density at radius 1 is 1.31 bits per heavy atom. The molecule has 0 aromatic heterocycles. The summed E-state index contributed by atoms with van der Waals surface area (Å²) in [7, 11) is 0. The molecule has 0 aromatic rings. The average Bonchev–Trinajstić information content (AvgIpc) is 3.07. The molecule has 2 aliphatic rings. The van der Waals surface area contributed by atoms with E-state index in [9.17, 15) is 4.79 Å². The molecule has 0 N–H and O–H groups in total. The zero-order valence-corrected chi connectivity index (χ0v) is 10.8. The smallest absolute Gasteiger partial charge is 0.133 e. The molecule has 0 amide bonds. The molecule has 0 aromatic carbocycles. The SMILES string of the molecule is CC.CCCC(=O)CCC1=CC2CC2C=C1. The molecule has 0 bridgehead atoms. The quantitative estimate of drug-likeness (QED) is 0.675. The van der Waals surface area contributed by atoms with E-state index in [1.165, 1.54) is 12.0 Å². The van der Waals surface area contributed by atoms with Crippen LogP contribution >= 0.6 is 0 Å². The minimum absolute atomic E-state index is 0.416. The van der Waals surface area contributed by atoms with Gasteiger partial charge in [0.25, 0.3) is 0 Å². The number of hydrogen-bond donors (Lipinski definition) is 0. The fourth-order valence-corrected chi connectivity index (χ4v) is 2.08. The molecule has 1 fully saturated rings. The molecule has 2 unspecified atom stereocenters. The van der Waals surface area contributed by atoms with Gasteiger partial charge in [-0.25, -0.2) is 0 Å². The molecular formula is C15H24O. The maximum Gasteiger partial charge on any atom is 0.133 e. The van der Waals surface area contributed by atoms with Gasteiger partial charge in [0.15, 0.2) is 0 Å². The Bertz CT molecular complexity index is 286. The first-order valence-electron chi connectivity index (χ1n) is 6.70. The number of ketones is 1. The van der Waals surface area contributed by atoms with Crippen LogP contribution in [0.15, 0.2) is 23.8 Å². The van der Waals surface area contributed by atoms with Gasteiger partial charge in [-0.15, -0.1) is 0 Å². The predicted octanol–water partition coefficient (Wildman–Crippen LogP) is 4.29. The number of rotatable bonds is 5. The Balaban J connectivity index is 0.000000606. The van der Waals surface area contributed by atoms with Gasteiger partial charge in [0.2, 0.25) is 0 Å². The largest absolute Gasteiger partial charge is 0.300 e. The summed E-state index contributed by atoms with van der Waals surface area (Å²) in [6.07, 6.45) is 11.7. The van der Waals surface area contributed by atoms with Crippen LogP contribution in [-0.4, -0.2) is 5.78 Å². The third-order valence-electron chi connectivity index (χ3n) is 3.10. The molecule has 1 nitrogen and oxygen atoms in total. The Kier molecular flexibility index (Phi) is 5.51. The first-order valence-corrected chi connectivity index (χ1v) is 6.70. The third-order valence-corrected chi connectivity index (χ3v) is 3.10. The van der Waals surface area contributed by atoms with Crippen LogP contribution < -0.4 is 0 Å². The lowest BCUT2D eigenvalue weighted by Crippen LogP contribution is -1.98. The Labute approximate surface area is 99.6 Å². The van der Waals surface area contributed by atoms with E-state index in [1.807, 2.05) is 13.8 Å². The van der Waals surface area contributed by atoms with Crippen LogP contribution in [0.5, 0.6) is 0 Å². The number of hydrogen-bond acceptors (Lipinski definition) is 1. The van der Waals surface area contributed by atoms with Gasteiger partial charge in [-0.3, -0.25) is 4.79 Å². The van der Waals surface area contributed by atoms with Crippen molar-refractivity contribution in [1.29, 1.82) is 0 Å². The number of carbonyl (C=O) groups is 1. The van der Waals surface area contributed by atoms with Crippen LogP contribution in [0.2, 0.25) is 0 Å². The second kappa shape index (κ2) is 6.67. The predicted molar refractivity (Wildman–Crippen MR) is 69.3 cm³/mol. The van der Waals surface area contributed by atoms with Crippen molar-refractivity contribution in [1.82, 2.24) is 0 Å². The highest BCUT2D eigenvalue weighted by Crippen LogP contribution is 2.44. The van der Waals surface area contributed by atoms with E-state index in [2.05, 4.69) is 25.2 Å². The van der Waals surface area contributed by atoms with Crippen LogP contribution in [-0.2, 0) is 4.79 Å². The van der Waals surface area contributed by atoms with E-state index in [0.29, 0.717) is 5.78 Å². The summed E-state index contributed by atoms with van der Waals surface area (Å²) in [5, 5.41) is 0. The molecule has 2 atom stereocenters. The highest BCUT2D eigenvalue weighted by molar-refractivity contribution is 5.78. The summed E-state index contributed by atoms with van der Waals surface area (Å²) in [5.41, 5.74) is 1.38. The lowest BCUT2D eigenvalue weighted by atomic mass is 10.0. The molecule has 1 saturated carbocycles. The van der Waals surface area contributed by atoms with E-state index >= 15 is 0 Å². The van der Waals surface area contributed by atoms with Crippen LogP contribution in [0.25, 0.3) is 0 Å². The van der Waals surface area contributed by atoms with Gasteiger partial charge < -0.3 is 0 Å². The Morgan fingerprint density at radius 2 is 2.06 bits per heavy atom.